The molecule has 4 rings (SSSR count). The number of rotatable bonds is 9. The number of likely N-dealkylation sites (tertiary alicyclic amines) is 1. The Morgan fingerprint density at radius 2 is 1.71 bits per heavy atom. The van der Waals surface area contributed by atoms with Crippen molar-refractivity contribution in [1.82, 2.24) is 19.7 Å². The van der Waals surface area contributed by atoms with E-state index in [0.29, 0.717) is 23.9 Å². The van der Waals surface area contributed by atoms with Gasteiger partial charge in [0.2, 0.25) is 5.91 Å². The van der Waals surface area contributed by atoms with E-state index < -0.39 is 6.36 Å². The lowest BCUT2D eigenvalue weighted by Crippen LogP contribution is -2.22. The fourth-order valence-electron chi connectivity index (χ4n) is 3.68. The summed E-state index contributed by atoms with van der Waals surface area (Å²) in [6, 6.07) is 15.0. The van der Waals surface area contributed by atoms with Crippen LogP contribution in [0.4, 0.5) is 18.9 Å². The number of amides is 1. The number of benzene rings is 2. The van der Waals surface area contributed by atoms with Crippen LogP contribution in [-0.4, -0.2) is 50.8 Å². The van der Waals surface area contributed by atoms with E-state index in [9.17, 15) is 18.0 Å². The number of carbonyl (C=O) groups is 1. The minimum absolute atomic E-state index is 0.0808. The van der Waals surface area contributed by atoms with E-state index >= 15 is 0 Å². The van der Waals surface area contributed by atoms with Gasteiger partial charge in [-0.25, -0.2) is 0 Å². The molecular formula is C23H24F3N5O2S. The average Bonchev–Trinajstić information content (AvgIpc) is 3.44. The quantitative estimate of drug-likeness (QED) is 0.443. The Hall–Kier alpha value is -3.05. The molecule has 0 spiro atoms. The Morgan fingerprint density at radius 1 is 1.00 bits per heavy atom. The van der Waals surface area contributed by atoms with Gasteiger partial charge in [-0.3, -0.25) is 9.69 Å². The van der Waals surface area contributed by atoms with Crippen molar-refractivity contribution in [3.05, 3.63) is 66.0 Å². The maximum absolute atomic E-state index is 12.4. The molecule has 34 heavy (non-hydrogen) atoms. The van der Waals surface area contributed by atoms with Gasteiger partial charge in [0.05, 0.1) is 18.8 Å². The Morgan fingerprint density at radius 3 is 2.38 bits per heavy atom. The Kier molecular flexibility index (Phi) is 7.73. The van der Waals surface area contributed by atoms with E-state index in [4.69, 9.17) is 0 Å². The second-order valence-electron chi connectivity index (χ2n) is 7.86. The zero-order valence-corrected chi connectivity index (χ0v) is 19.1. The summed E-state index contributed by atoms with van der Waals surface area (Å²) in [6.45, 7) is 3.38. The van der Waals surface area contributed by atoms with E-state index in [1.165, 1.54) is 36.7 Å². The highest BCUT2D eigenvalue weighted by Gasteiger charge is 2.31. The van der Waals surface area contributed by atoms with Gasteiger partial charge in [0.1, 0.15) is 11.6 Å². The van der Waals surface area contributed by atoms with Gasteiger partial charge in [-0.2, -0.15) is 0 Å². The molecule has 1 N–H and O–H groups in total. The number of carbonyl (C=O) groups excluding carboxylic acids is 1. The molecular weight excluding hydrogens is 467 g/mol. The number of anilines is 1. The SMILES string of the molecule is O=C(CSc1nnc(CN2CCCC2)n1Cc1ccccc1)Nc1ccc(OC(F)(F)F)cc1. The fourth-order valence-corrected chi connectivity index (χ4v) is 4.43. The van der Waals surface area contributed by atoms with Crippen molar-refractivity contribution in [1.29, 1.82) is 0 Å². The van der Waals surface area contributed by atoms with Crippen LogP contribution >= 0.6 is 11.8 Å². The number of alkyl halides is 3. The first-order chi connectivity index (χ1) is 16.4. The van der Waals surface area contributed by atoms with Crippen molar-refractivity contribution in [3.8, 4) is 5.75 Å². The zero-order chi connectivity index (χ0) is 24.0. The van der Waals surface area contributed by atoms with Gasteiger partial charge in [-0.05, 0) is 55.8 Å². The van der Waals surface area contributed by atoms with Crippen LogP contribution in [0.5, 0.6) is 5.75 Å². The van der Waals surface area contributed by atoms with Crippen LogP contribution in [0.3, 0.4) is 0 Å². The predicted molar refractivity (Wildman–Crippen MR) is 123 cm³/mol. The summed E-state index contributed by atoms with van der Waals surface area (Å²) < 4.78 is 42.7. The zero-order valence-electron chi connectivity index (χ0n) is 18.3. The number of hydrogen-bond donors (Lipinski definition) is 1. The first kappa shape index (κ1) is 24.1. The van der Waals surface area contributed by atoms with Crippen LogP contribution in [0.15, 0.2) is 59.8 Å². The predicted octanol–water partition coefficient (Wildman–Crippen LogP) is 4.55. The van der Waals surface area contributed by atoms with Crippen molar-refractivity contribution in [2.75, 3.05) is 24.2 Å². The number of nitrogens with one attached hydrogen (secondary N) is 1. The van der Waals surface area contributed by atoms with E-state index in [1.807, 2.05) is 34.9 Å². The molecule has 1 saturated heterocycles. The van der Waals surface area contributed by atoms with Crippen molar-refractivity contribution in [2.24, 2.45) is 0 Å². The highest BCUT2D eigenvalue weighted by molar-refractivity contribution is 7.99. The molecule has 0 radical (unpaired) electrons. The van der Waals surface area contributed by atoms with Crippen LogP contribution in [0.25, 0.3) is 0 Å². The van der Waals surface area contributed by atoms with Crippen LogP contribution < -0.4 is 10.1 Å². The molecule has 1 aliphatic heterocycles. The van der Waals surface area contributed by atoms with Crippen LogP contribution in [-0.2, 0) is 17.9 Å². The normalized spacial score (nSPS) is 14.3. The maximum atomic E-state index is 12.4. The Bertz CT molecular complexity index is 1080. The third-order valence-corrected chi connectivity index (χ3v) is 6.21. The van der Waals surface area contributed by atoms with Gasteiger partial charge in [0, 0.05) is 5.69 Å². The van der Waals surface area contributed by atoms with Gasteiger partial charge in [0.25, 0.3) is 0 Å². The molecule has 2 aromatic carbocycles. The van der Waals surface area contributed by atoms with Crippen LogP contribution in [0.1, 0.15) is 24.2 Å². The summed E-state index contributed by atoms with van der Waals surface area (Å²) in [6.07, 6.45) is -2.40. The van der Waals surface area contributed by atoms with Gasteiger partial charge >= 0.3 is 6.36 Å². The topological polar surface area (TPSA) is 72.3 Å². The summed E-state index contributed by atoms with van der Waals surface area (Å²) in [7, 11) is 0. The molecule has 0 aliphatic carbocycles. The molecule has 180 valence electrons. The summed E-state index contributed by atoms with van der Waals surface area (Å²) in [4.78, 5) is 14.8. The molecule has 1 aliphatic rings. The van der Waals surface area contributed by atoms with Gasteiger partial charge in [-0.1, -0.05) is 42.1 Å². The van der Waals surface area contributed by atoms with Gasteiger partial charge < -0.3 is 14.6 Å². The number of nitrogens with zero attached hydrogens (tertiary/aromatic N) is 4. The number of thioether (sulfide) groups is 1. The van der Waals surface area contributed by atoms with E-state index in [0.717, 1.165) is 36.6 Å². The maximum Gasteiger partial charge on any atom is 0.573 e. The summed E-state index contributed by atoms with van der Waals surface area (Å²) >= 11 is 1.27. The fraction of sp³-hybridized carbons (Fsp3) is 0.348. The van der Waals surface area contributed by atoms with Crippen molar-refractivity contribution >= 4 is 23.4 Å². The molecule has 0 bridgehead atoms. The first-order valence-electron chi connectivity index (χ1n) is 10.8. The minimum atomic E-state index is -4.76. The van der Waals surface area contributed by atoms with E-state index in [2.05, 4.69) is 25.2 Å². The molecule has 3 aromatic rings. The smallest absolute Gasteiger partial charge is 0.406 e. The molecule has 11 heteroatoms. The third kappa shape index (κ3) is 6.97. The number of ether oxygens (including phenoxy) is 1. The highest BCUT2D eigenvalue weighted by Crippen LogP contribution is 2.25. The first-order valence-corrected chi connectivity index (χ1v) is 11.8. The summed E-state index contributed by atoms with van der Waals surface area (Å²) in [5.74, 6) is 0.287. The van der Waals surface area contributed by atoms with Crippen LogP contribution in [0.2, 0.25) is 0 Å². The highest BCUT2D eigenvalue weighted by atomic mass is 32.2. The lowest BCUT2D eigenvalue weighted by atomic mass is 10.2. The molecule has 1 amide bonds. The Labute approximate surface area is 199 Å². The molecule has 2 heterocycles. The van der Waals surface area contributed by atoms with Crippen molar-refractivity contribution < 1.29 is 22.7 Å². The second kappa shape index (κ2) is 10.9. The van der Waals surface area contributed by atoms with Gasteiger partial charge in [0.15, 0.2) is 5.16 Å². The van der Waals surface area contributed by atoms with E-state index in [-0.39, 0.29) is 17.4 Å². The Balaban J connectivity index is 1.39. The van der Waals surface area contributed by atoms with Crippen molar-refractivity contribution in [3.63, 3.8) is 0 Å². The monoisotopic (exact) mass is 491 g/mol. The molecule has 0 unspecified atom stereocenters. The standard InChI is InChI=1S/C23H24F3N5O2S/c24-23(25,26)33-19-10-8-18(9-11-19)27-21(32)16-34-22-29-28-20(15-30-12-4-5-13-30)31(22)14-17-6-2-1-3-7-17/h1-3,6-11H,4-5,12-16H2,(H,27,32). The second-order valence-corrected chi connectivity index (χ2v) is 8.81. The van der Waals surface area contributed by atoms with E-state index in [1.54, 1.807) is 0 Å². The lowest BCUT2D eigenvalue weighted by Gasteiger charge is -2.16. The number of aromatic nitrogens is 3. The van der Waals surface area contributed by atoms with Crippen LogP contribution in [0, 0.1) is 0 Å². The van der Waals surface area contributed by atoms with Gasteiger partial charge in [-0.15, -0.1) is 23.4 Å². The number of hydrogen-bond acceptors (Lipinski definition) is 6. The summed E-state index contributed by atoms with van der Waals surface area (Å²) in [5, 5.41) is 12.0. The largest absolute Gasteiger partial charge is 0.573 e. The summed E-state index contributed by atoms with van der Waals surface area (Å²) in [5.41, 5.74) is 1.48. The minimum Gasteiger partial charge on any atom is -0.406 e. The molecule has 1 fully saturated rings. The average molecular weight is 492 g/mol. The molecule has 0 atom stereocenters. The number of halogens is 3. The third-order valence-electron chi connectivity index (χ3n) is 5.24. The molecule has 0 saturated carbocycles. The molecule has 1 aromatic heterocycles. The lowest BCUT2D eigenvalue weighted by molar-refractivity contribution is -0.274. The molecule has 7 nitrogen and oxygen atoms in total. The van der Waals surface area contributed by atoms with Crippen molar-refractivity contribution in [2.45, 2.75) is 37.4 Å².